The highest BCUT2D eigenvalue weighted by Crippen LogP contribution is 2.17. The number of aryl methyl sites for hydroxylation is 1. The first-order chi connectivity index (χ1) is 11.6. The number of aromatic nitrogens is 1. The molecule has 24 heavy (non-hydrogen) atoms. The first-order valence-electron chi connectivity index (χ1n) is 8.77. The molecule has 1 fully saturated rings. The largest absolute Gasteiger partial charge is 0.354 e. The summed E-state index contributed by atoms with van der Waals surface area (Å²) in [5.41, 5.74) is 0. The van der Waals surface area contributed by atoms with Gasteiger partial charge in [0.2, 0.25) is 5.91 Å². The molecule has 0 unspecified atom stereocenters. The Hall–Kier alpha value is -1.63. The summed E-state index contributed by atoms with van der Waals surface area (Å²) < 4.78 is 0. The summed E-state index contributed by atoms with van der Waals surface area (Å²) in [4.78, 5) is 23.5. The maximum atomic E-state index is 11.8. The number of hydrogen-bond acceptors (Lipinski definition) is 4. The van der Waals surface area contributed by atoms with Gasteiger partial charge in [0.05, 0.1) is 6.54 Å². The van der Waals surface area contributed by atoms with E-state index in [1.165, 1.54) is 37.0 Å². The molecule has 0 aliphatic heterocycles. The van der Waals surface area contributed by atoms with Crippen LogP contribution in [0.4, 0.5) is 0 Å². The Kier molecular flexibility index (Phi) is 7.49. The highest BCUT2D eigenvalue weighted by Gasteiger charge is 2.15. The SMILES string of the molecule is CCc1cnc(CNC(=NCC(=O)N(C)C)NC2CCCCC2)s1. The lowest BCUT2D eigenvalue weighted by Crippen LogP contribution is -2.44. The number of thiazole rings is 1. The lowest BCUT2D eigenvalue weighted by atomic mass is 9.96. The second-order valence-electron chi connectivity index (χ2n) is 6.36. The van der Waals surface area contributed by atoms with Gasteiger partial charge >= 0.3 is 0 Å². The van der Waals surface area contributed by atoms with E-state index < -0.39 is 0 Å². The van der Waals surface area contributed by atoms with Crippen LogP contribution in [0.15, 0.2) is 11.2 Å². The molecule has 0 aromatic carbocycles. The molecule has 0 radical (unpaired) electrons. The quantitative estimate of drug-likeness (QED) is 0.609. The maximum Gasteiger partial charge on any atom is 0.243 e. The van der Waals surface area contributed by atoms with Crippen molar-refractivity contribution in [2.45, 2.75) is 58.0 Å². The first-order valence-corrected chi connectivity index (χ1v) is 9.58. The minimum Gasteiger partial charge on any atom is -0.354 e. The topological polar surface area (TPSA) is 69.6 Å². The second-order valence-corrected chi connectivity index (χ2v) is 7.56. The molecule has 1 aromatic heterocycles. The van der Waals surface area contributed by atoms with Crippen LogP contribution in [0.25, 0.3) is 0 Å². The molecule has 134 valence electrons. The van der Waals surface area contributed by atoms with E-state index in [2.05, 4.69) is 27.5 Å². The summed E-state index contributed by atoms with van der Waals surface area (Å²) in [5.74, 6) is 0.715. The molecule has 6 nitrogen and oxygen atoms in total. The number of nitrogens with one attached hydrogen (secondary N) is 2. The van der Waals surface area contributed by atoms with Crippen molar-refractivity contribution in [1.29, 1.82) is 0 Å². The molecule has 0 bridgehead atoms. The predicted octanol–water partition coefficient (Wildman–Crippen LogP) is 2.16. The fourth-order valence-electron chi connectivity index (χ4n) is 2.63. The molecule has 0 spiro atoms. The van der Waals surface area contributed by atoms with Crippen molar-refractivity contribution in [2.24, 2.45) is 4.99 Å². The molecule has 1 heterocycles. The molecule has 1 aliphatic rings. The van der Waals surface area contributed by atoms with Crippen molar-refractivity contribution in [1.82, 2.24) is 20.5 Å². The van der Waals surface area contributed by atoms with E-state index in [1.54, 1.807) is 30.3 Å². The van der Waals surface area contributed by atoms with Crippen LogP contribution < -0.4 is 10.6 Å². The van der Waals surface area contributed by atoms with Crippen molar-refractivity contribution < 1.29 is 4.79 Å². The summed E-state index contributed by atoms with van der Waals surface area (Å²) in [6.45, 7) is 2.93. The minimum atomic E-state index is 0.00209. The molecule has 0 saturated heterocycles. The van der Waals surface area contributed by atoms with Crippen LogP contribution in [-0.4, -0.2) is 48.4 Å². The van der Waals surface area contributed by atoms with Crippen molar-refractivity contribution in [2.75, 3.05) is 20.6 Å². The number of carbonyl (C=O) groups excluding carboxylic acids is 1. The van der Waals surface area contributed by atoms with E-state index in [0.29, 0.717) is 18.5 Å². The van der Waals surface area contributed by atoms with Crippen LogP contribution >= 0.6 is 11.3 Å². The normalized spacial score (nSPS) is 16.0. The van der Waals surface area contributed by atoms with Gasteiger partial charge in [-0.25, -0.2) is 9.98 Å². The van der Waals surface area contributed by atoms with Gasteiger partial charge in [0.25, 0.3) is 0 Å². The fraction of sp³-hybridized carbons (Fsp3) is 0.706. The van der Waals surface area contributed by atoms with E-state index in [0.717, 1.165) is 11.4 Å². The molecular formula is C17H29N5OS. The van der Waals surface area contributed by atoms with E-state index in [-0.39, 0.29) is 12.5 Å². The third kappa shape index (κ3) is 6.11. The summed E-state index contributed by atoms with van der Waals surface area (Å²) >= 11 is 1.72. The molecule has 1 aromatic rings. The Labute approximate surface area is 148 Å². The molecule has 0 atom stereocenters. The fourth-order valence-corrected chi connectivity index (χ4v) is 3.44. The van der Waals surface area contributed by atoms with Crippen LogP contribution in [0.5, 0.6) is 0 Å². The van der Waals surface area contributed by atoms with Gasteiger partial charge in [-0.3, -0.25) is 4.79 Å². The zero-order chi connectivity index (χ0) is 17.4. The van der Waals surface area contributed by atoms with Crippen molar-refractivity contribution in [3.05, 3.63) is 16.1 Å². The Morgan fingerprint density at radius 1 is 1.38 bits per heavy atom. The van der Waals surface area contributed by atoms with E-state index in [1.807, 2.05) is 6.20 Å². The van der Waals surface area contributed by atoms with Gasteiger partial charge in [0.1, 0.15) is 11.6 Å². The highest BCUT2D eigenvalue weighted by atomic mass is 32.1. The van der Waals surface area contributed by atoms with Gasteiger partial charge in [-0.15, -0.1) is 11.3 Å². The van der Waals surface area contributed by atoms with Crippen LogP contribution in [0.2, 0.25) is 0 Å². The number of likely N-dealkylation sites (N-methyl/N-ethyl adjacent to an activating group) is 1. The van der Waals surface area contributed by atoms with Gasteiger partial charge in [0.15, 0.2) is 5.96 Å². The Balaban J connectivity index is 1.94. The number of rotatable bonds is 6. The third-order valence-corrected chi connectivity index (χ3v) is 5.32. The van der Waals surface area contributed by atoms with Gasteiger partial charge in [0, 0.05) is 31.2 Å². The molecule has 2 N–H and O–H groups in total. The summed E-state index contributed by atoms with van der Waals surface area (Å²) in [6.07, 6.45) is 9.11. The van der Waals surface area contributed by atoms with Gasteiger partial charge < -0.3 is 15.5 Å². The average molecular weight is 352 g/mol. The number of carbonyl (C=O) groups is 1. The molecule has 2 rings (SSSR count). The number of guanidine groups is 1. The minimum absolute atomic E-state index is 0.00209. The van der Waals surface area contributed by atoms with Crippen LogP contribution in [0, 0.1) is 0 Å². The predicted molar refractivity (Wildman–Crippen MR) is 99.3 cm³/mol. The van der Waals surface area contributed by atoms with Crippen LogP contribution in [-0.2, 0) is 17.8 Å². The second kappa shape index (κ2) is 9.61. The van der Waals surface area contributed by atoms with Gasteiger partial charge in [-0.2, -0.15) is 0 Å². The van der Waals surface area contributed by atoms with Crippen LogP contribution in [0.3, 0.4) is 0 Å². The van der Waals surface area contributed by atoms with Gasteiger partial charge in [-0.1, -0.05) is 26.2 Å². The lowest BCUT2D eigenvalue weighted by molar-refractivity contribution is -0.127. The molecule has 1 aliphatic carbocycles. The zero-order valence-corrected chi connectivity index (χ0v) is 15.8. The maximum absolute atomic E-state index is 11.8. The summed E-state index contributed by atoms with van der Waals surface area (Å²) in [6, 6.07) is 0.446. The molecule has 1 amide bonds. The average Bonchev–Trinajstić information content (AvgIpc) is 3.06. The van der Waals surface area contributed by atoms with E-state index in [4.69, 9.17) is 0 Å². The Bertz CT molecular complexity index is 549. The lowest BCUT2D eigenvalue weighted by Gasteiger charge is -2.25. The first kappa shape index (κ1) is 18.7. The number of hydrogen-bond donors (Lipinski definition) is 2. The van der Waals surface area contributed by atoms with Crippen molar-refractivity contribution in [3.63, 3.8) is 0 Å². The molecule has 1 saturated carbocycles. The van der Waals surface area contributed by atoms with Crippen molar-refractivity contribution in [3.8, 4) is 0 Å². The summed E-state index contributed by atoms with van der Waals surface area (Å²) in [7, 11) is 3.50. The summed E-state index contributed by atoms with van der Waals surface area (Å²) in [5, 5.41) is 7.86. The number of amides is 1. The Morgan fingerprint density at radius 3 is 2.75 bits per heavy atom. The molecular weight excluding hydrogens is 322 g/mol. The van der Waals surface area contributed by atoms with Crippen molar-refractivity contribution >= 4 is 23.2 Å². The molecule has 7 heteroatoms. The monoisotopic (exact) mass is 351 g/mol. The zero-order valence-electron chi connectivity index (χ0n) is 15.0. The van der Waals surface area contributed by atoms with E-state index in [9.17, 15) is 4.79 Å². The third-order valence-electron chi connectivity index (χ3n) is 4.17. The highest BCUT2D eigenvalue weighted by molar-refractivity contribution is 7.11. The smallest absolute Gasteiger partial charge is 0.243 e. The number of nitrogens with zero attached hydrogens (tertiary/aromatic N) is 3. The van der Waals surface area contributed by atoms with E-state index >= 15 is 0 Å². The van der Waals surface area contributed by atoms with Gasteiger partial charge in [-0.05, 0) is 19.3 Å². The Morgan fingerprint density at radius 2 is 2.12 bits per heavy atom. The van der Waals surface area contributed by atoms with Crippen LogP contribution in [0.1, 0.15) is 48.9 Å². The standard InChI is InChI=1S/C17H29N5OS/c1-4-14-10-18-15(24-14)11-19-17(20-12-16(23)22(2)3)21-13-8-6-5-7-9-13/h10,13H,4-9,11-12H2,1-3H3,(H2,19,20,21). The number of aliphatic imine (C=N–C) groups is 1.